The van der Waals surface area contributed by atoms with E-state index in [2.05, 4.69) is 10.4 Å². The van der Waals surface area contributed by atoms with Gasteiger partial charge in [0.2, 0.25) is 5.91 Å². The average molecular weight is 372 g/mol. The molecule has 8 heteroatoms. The number of amides is 1. The molecular formula is C19H18F2N4O2. The first-order valence-corrected chi connectivity index (χ1v) is 8.29. The van der Waals surface area contributed by atoms with Crippen LogP contribution in [0.4, 0.5) is 8.78 Å². The molecule has 1 amide bonds. The lowest BCUT2D eigenvalue weighted by Crippen LogP contribution is -2.33. The van der Waals surface area contributed by atoms with Crippen molar-refractivity contribution in [2.75, 3.05) is 0 Å². The molecule has 0 saturated carbocycles. The van der Waals surface area contributed by atoms with Crippen molar-refractivity contribution in [3.05, 3.63) is 81.5 Å². The summed E-state index contributed by atoms with van der Waals surface area (Å²) in [5.41, 5.74) is 1.05. The molecule has 0 atom stereocenters. The van der Waals surface area contributed by atoms with Gasteiger partial charge in [-0.15, -0.1) is 0 Å². The molecule has 0 radical (unpaired) electrons. The van der Waals surface area contributed by atoms with Gasteiger partial charge in [-0.05, 0) is 55.3 Å². The minimum atomic E-state index is -0.504. The number of carbonyl (C=O) groups excluding carboxylic acids is 1. The van der Waals surface area contributed by atoms with Crippen molar-refractivity contribution in [3.8, 4) is 5.69 Å². The molecule has 0 aliphatic rings. The van der Waals surface area contributed by atoms with E-state index in [1.54, 1.807) is 26.0 Å². The van der Waals surface area contributed by atoms with E-state index in [4.69, 9.17) is 0 Å². The number of nitrogens with zero attached hydrogens (tertiary/aromatic N) is 3. The van der Waals surface area contributed by atoms with Gasteiger partial charge in [-0.2, -0.15) is 9.78 Å². The van der Waals surface area contributed by atoms with Crippen LogP contribution in [0.15, 0.2) is 47.3 Å². The quantitative estimate of drug-likeness (QED) is 0.747. The second-order valence-corrected chi connectivity index (χ2v) is 6.16. The molecule has 2 aromatic carbocycles. The van der Waals surface area contributed by atoms with E-state index in [-0.39, 0.29) is 18.9 Å². The molecule has 0 aliphatic carbocycles. The van der Waals surface area contributed by atoms with Crippen LogP contribution in [0, 0.1) is 25.5 Å². The van der Waals surface area contributed by atoms with Crippen molar-refractivity contribution in [3.63, 3.8) is 0 Å². The minimum absolute atomic E-state index is 0.149. The third-order valence-electron chi connectivity index (χ3n) is 4.15. The summed E-state index contributed by atoms with van der Waals surface area (Å²) in [5, 5.41) is 6.77. The van der Waals surface area contributed by atoms with Crippen LogP contribution in [0.3, 0.4) is 0 Å². The van der Waals surface area contributed by atoms with E-state index < -0.39 is 17.4 Å². The van der Waals surface area contributed by atoms with Gasteiger partial charge in [-0.3, -0.25) is 9.36 Å². The second kappa shape index (κ2) is 7.53. The van der Waals surface area contributed by atoms with E-state index in [9.17, 15) is 18.4 Å². The first-order chi connectivity index (χ1) is 12.8. The zero-order valence-electron chi connectivity index (χ0n) is 14.9. The fraction of sp³-hybridized carbons (Fsp3) is 0.211. The number of rotatable bonds is 5. The van der Waals surface area contributed by atoms with E-state index >= 15 is 0 Å². The Bertz CT molecular complexity index is 1040. The summed E-state index contributed by atoms with van der Waals surface area (Å²) in [6.45, 7) is 3.19. The Morgan fingerprint density at radius 3 is 2.48 bits per heavy atom. The van der Waals surface area contributed by atoms with Crippen molar-refractivity contribution in [1.29, 1.82) is 0 Å². The molecule has 27 heavy (non-hydrogen) atoms. The van der Waals surface area contributed by atoms with E-state index in [1.807, 2.05) is 0 Å². The Hall–Kier alpha value is -3.29. The maximum atomic E-state index is 13.6. The van der Waals surface area contributed by atoms with Crippen molar-refractivity contribution < 1.29 is 13.6 Å². The van der Waals surface area contributed by atoms with Gasteiger partial charge in [0, 0.05) is 6.54 Å². The number of carbonyl (C=O) groups is 1. The Morgan fingerprint density at radius 1 is 1.11 bits per heavy atom. The van der Waals surface area contributed by atoms with Gasteiger partial charge < -0.3 is 5.32 Å². The molecule has 0 spiro atoms. The number of hydrogen-bond acceptors (Lipinski definition) is 3. The summed E-state index contributed by atoms with van der Waals surface area (Å²) in [4.78, 5) is 24.7. The predicted octanol–water partition coefficient (Wildman–Crippen LogP) is 2.25. The van der Waals surface area contributed by atoms with Crippen LogP contribution in [0.2, 0.25) is 0 Å². The van der Waals surface area contributed by atoms with Gasteiger partial charge in [0.25, 0.3) is 0 Å². The van der Waals surface area contributed by atoms with E-state index in [0.717, 1.165) is 4.68 Å². The summed E-state index contributed by atoms with van der Waals surface area (Å²) >= 11 is 0. The van der Waals surface area contributed by atoms with Crippen molar-refractivity contribution in [2.45, 2.75) is 26.9 Å². The van der Waals surface area contributed by atoms with Crippen LogP contribution in [-0.2, 0) is 17.9 Å². The molecule has 6 nitrogen and oxygen atoms in total. The van der Waals surface area contributed by atoms with Gasteiger partial charge in [-0.1, -0.05) is 12.1 Å². The van der Waals surface area contributed by atoms with Crippen LogP contribution in [-0.4, -0.2) is 20.3 Å². The zero-order valence-corrected chi connectivity index (χ0v) is 14.9. The molecule has 0 fully saturated rings. The smallest absolute Gasteiger partial charge is 0.350 e. The van der Waals surface area contributed by atoms with Crippen LogP contribution in [0.25, 0.3) is 5.69 Å². The largest absolute Gasteiger partial charge is 0.351 e. The first-order valence-electron chi connectivity index (χ1n) is 8.29. The number of nitrogens with one attached hydrogen (secondary N) is 1. The van der Waals surface area contributed by atoms with Crippen LogP contribution in [0.5, 0.6) is 0 Å². The molecule has 3 rings (SSSR count). The fourth-order valence-corrected chi connectivity index (χ4v) is 2.57. The lowest BCUT2D eigenvalue weighted by atomic mass is 10.1. The number of benzene rings is 2. The van der Waals surface area contributed by atoms with Gasteiger partial charge in [0.05, 0.1) is 5.69 Å². The highest BCUT2D eigenvalue weighted by atomic mass is 19.1. The first kappa shape index (κ1) is 18.5. The minimum Gasteiger partial charge on any atom is -0.350 e. The maximum absolute atomic E-state index is 13.6. The third kappa shape index (κ3) is 4.11. The zero-order chi connectivity index (χ0) is 19.6. The highest BCUT2D eigenvalue weighted by molar-refractivity contribution is 5.75. The number of aromatic nitrogens is 3. The Morgan fingerprint density at radius 2 is 1.81 bits per heavy atom. The summed E-state index contributed by atoms with van der Waals surface area (Å²) < 4.78 is 28.9. The Balaban J connectivity index is 1.71. The number of hydrogen-bond donors (Lipinski definition) is 1. The monoisotopic (exact) mass is 372 g/mol. The van der Waals surface area contributed by atoms with E-state index in [0.29, 0.717) is 22.6 Å². The van der Waals surface area contributed by atoms with Gasteiger partial charge in [0.15, 0.2) is 0 Å². The molecule has 3 aromatic rings. The second-order valence-electron chi connectivity index (χ2n) is 6.16. The average Bonchev–Trinajstić information content (AvgIpc) is 2.91. The molecule has 1 N–H and O–H groups in total. The lowest BCUT2D eigenvalue weighted by Gasteiger charge is -2.07. The lowest BCUT2D eigenvalue weighted by molar-refractivity contribution is -0.121. The number of halogens is 2. The molecule has 1 heterocycles. The summed E-state index contributed by atoms with van der Waals surface area (Å²) in [7, 11) is 0. The molecule has 0 bridgehead atoms. The highest BCUT2D eigenvalue weighted by Crippen LogP contribution is 2.09. The normalized spacial score (nSPS) is 10.8. The van der Waals surface area contributed by atoms with Gasteiger partial charge in [-0.25, -0.2) is 13.6 Å². The Labute approximate surface area is 154 Å². The molecule has 0 unspecified atom stereocenters. The Kier molecular flexibility index (Phi) is 5.16. The maximum Gasteiger partial charge on any atom is 0.351 e. The van der Waals surface area contributed by atoms with Crippen molar-refractivity contribution in [1.82, 2.24) is 19.7 Å². The van der Waals surface area contributed by atoms with Crippen molar-refractivity contribution >= 4 is 5.91 Å². The highest BCUT2D eigenvalue weighted by Gasteiger charge is 2.14. The van der Waals surface area contributed by atoms with Gasteiger partial charge >= 0.3 is 5.69 Å². The number of aryl methyl sites for hydroxylation is 2. The summed E-state index contributed by atoms with van der Waals surface area (Å²) in [6, 6.07) is 10.0. The van der Waals surface area contributed by atoms with Crippen LogP contribution >= 0.6 is 0 Å². The molecule has 0 saturated heterocycles. The van der Waals surface area contributed by atoms with Crippen LogP contribution in [0.1, 0.15) is 17.0 Å². The molecular weight excluding hydrogens is 354 g/mol. The fourth-order valence-electron chi connectivity index (χ4n) is 2.57. The SMILES string of the molecule is Cc1ccc(CNC(=O)Cn2c(C)nn(-c3ccc(F)cc3)c2=O)cc1F. The molecule has 140 valence electrons. The van der Waals surface area contributed by atoms with Crippen LogP contribution < -0.4 is 11.0 Å². The summed E-state index contributed by atoms with van der Waals surface area (Å²) in [6.07, 6.45) is 0. The van der Waals surface area contributed by atoms with Crippen molar-refractivity contribution in [2.24, 2.45) is 0 Å². The standard InChI is InChI=1S/C19H18F2N4O2/c1-12-3-4-14(9-17(12)21)10-22-18(26)11-24-13(2)23-25(19(24)27)16-7-5-15(20)6-8-16/h3-9H,10-11H2,1-2H3,(H,22,26). The predicted molar refractivity (Wildman–Crippen MR) is 95.5 cm³/mol. The van der Waals surface area contributed by atoms with Gasteiger partial charge in [0.1, 0.15) is 24.0 Å². The third-order valence-corrected chi connectivity index (χ3v) is 4.15. The van der Waals surface area contributed by atoms with E-state index in [1.165, 1.54) is 34.9 Å². The molecule has 1 aromatic heterocycles. The topological polar surface area (TPSA) is 68.9 Å². The summed E-state index contributed by atoms with van der Waals surface area (Å²) in [5.74, 6) is -0.815. The molecule has 0 aliphatic heterocycles.